The number of aromatic nitrogens is 1. The molecule has 8 nitrogen and oxygen atoms in total. The zero-order chi connectivity index (χ0) is 25.4. The van der Waals surface area contributed by atoms with E-state index in [-0.39, 0.29) is 15.6 Å². The first kappa shape index (κ1) is 24.2. The summed E-state index contributed by atoms with van der Waals surface area (Å²) < 4.78 is 23.7. The lowest BCUT2D eigenvalue weighted by Crippen LogP contribution is -2.30. The van der Waals surface area contributed by atoms with E-state index in [1.54, 1.807) is 26.0 Å². The molecule has 0 bridgehead atoms. The van der Waals surface area contributed by atoms with Crippen LogP contribution in [0.15, 0.2) is 42.5 Å². The van der Waals surface area contributed by atoms with Crippen LogP contribution in [0.1, 0.15) is 42.9 Å². The summed E-state index contributed by atoms with van der Waals surface area (Å²) in [5.74, 6) is -4.38. The van der Waals surface area contributed by atoms with Crippen LogP contribution in [-0.2, 0) is 14.3 Å². The molecule has 1 aliphatic rings. The third-order valence-corrected chi connectivity index (χ3v) is 6.98. The Balaban J connectivity index is 1.85. The number of amides is 1. The lowest BCUT2D eigenvalue weighted by atomic mass is 9.86. The highest BCUT2D eigenvalue weighted by Crippen LogP contribution is 2.43. The van der Waals surface area contributed by atoms with Gasteiger partial charge in [0.1, 0.15) is 22.4 Å². The van der Waals surface area contributed by atoms with E-state index in [0.29, 0.717) is 22.6 Å². The Kier molecular flexibility index (Phi) is 6.49. The molecule has 10 heteroatoms. The Morgan fingerprint density at radius 3 is 2.34 bits per heavy atom. The standard InChI is InChI=1S/C25H21FN2O6S/c1-12-11-15(7-10-17(12)33-3)20(29)18-19(14-5-8-16(26)9-6-14)28(23(31)21(18)30)25-27-13(2)22(35-25)24(32)34-4/h5-11,18-19H,1-4H3. The van der Waals surface area contributed by atoms with Gasteiger partial charge in [-0.05, 0) is 55.3 Å². The number of ether oxygens (including phenoxy) is 2. The molecule has 0 spiro atoms. The fourth-order valence-electron chi connectivity index (χ4n) is 4.12. The van der Waals surface area contributed by atoms with Crippen LogP contribution in [0.5, 0.6) is 5.75 Å². The van der Waals surface area contributed by atoms with Gasteiger partial charge >= 0.3 is 5.97 Å². The number of halogens is 1. The van der Waals surface area contributed by atoms with E-state index in [1.165, 1.54) is 44.6 Å². The van der Waals surface area contributed by atoms with Crippen LogP contribution in [-0.4, -0.2) is 42.6 Å². The van der Waals surface area contributed by atoms with Gasteiger partial charge in [0.25, 0.3) is 5.91 Å². The Labute approximate surface area is 204 Å². The predicted octanol–water partition coefficient (Wildman–Crippen LogP) is 3.85. The fraction of sp³-hybridized carbons (Fsp3) is 0.240. The van der Waals surface area contributed by atoms with Gasteiger partial charge in [-0.2, -0.15) is 0 Å². The normalized spacial score (nSPS) is 17.6. The lowest BCUT2D eigenvalue weighted by Gasteiger charge is -2.25. The number of esters is 1. The first-order chi connectivity index (χ1) is 16.7. The fourth-order valence-corrected chi connectivity index (χ4v) is 5.14. The van der Waals surface area contributed by atoms with Gasteiger partial charge in [-0.3, -0.25) is 19.3 Å². The maximum atomic E-state index is 13.7. The number of carbonyl (C=O) groups is 4. The van der Waals surface area contributed by atoms with E-state index < -0.39 is 41.2 Å². The number of methoxy groups -OCH3 is 2. The molecule has 35 heavy (non-hydrogen) atoms. The SMILES string of the molecule is COC(=O)c1sc(N2C(=O)C(=O)C(C(=O)c3ccc(OC)c(C)c3)C2c2ccc(F)cc2)nc1C. The number of carbonyl (C=O) groups excluding carboxylic acids is 4. The molecule has 2 heterocycles. The van der Waals surface area contributed by atoms with Crippen molar-refractivity contribution >= 4 is 39.9 Å². The van der Waals surface area contributed by atoms with E-state index in [0.717, 1.165) is 16.2 Å². The highest BCUT2D eigenvalue weighted by molar-refractivity contribution is 7.17. The minimum atomic E-state index is -1.40. The monoisotopic (exact) mass is 496 g/mol. The van der Waals surface area contributed by atoms with Crippen molar-refractivity contribution in [1.82, 2.24) is 4.98 Å². The van der Waals surface area contributed by atoms with Crippen molar-refractivity contribution in [2.45, 2.75) is 19.9 Å². The van der Waals surface area contributed by atoms with Crippen LogP contribution in [0.4, 0.5) is 9.52 Å². The number of hydrogen-bond acceptors (Lipinski definition) is 8. The van der Waals surface area contributed by atoms with Crippen molar-refractivity contribution in [1.29, 1.82) is 0 Å². The summed E-state index contributed by atoms with van der Waals surface area (Å²) in [5.41, 5.74) is 1.61. The highest BCUT2D eigenvalue weighted by Gasteiger charge is 2.53. The molecule has 1 aromatic heterocycles. The number of nitrogens with zero attached hydrogens (tertiary/aromatic N) is 2. The van der Waals surface area contributed by atoms with Crippen molar-refractivity contribution in [2.24, 2.45) is 5.92 Å². The van der Waals surface area contributed by atoms with Crippen molar-refractivity contribution < 1.29 is 33.0 Å². The molecule has 180 valence electrons. The zero-order valence-electron chi connectivity index (χ0n) is 19.3. The van der Waals surface area contributed by atoms with Crippen LogP contribution in [0, 0.1) is 25.6 Å². The van der Waals surface area contributed by atoms with Crippen LogP contribution in [0.2, 0.25) is 0 Å². The molecule has 2 atom stereocenters. The predicted molar refractivity (Wildman–Crippen MR) is 125 cm³/mol. The number of Topliss-reactive ketones (excluding diaryl/α,β-unsaturated/α-hetero) is 2. The van der Waals surface area contributed by atoms with Crippen LogP contribution >= 0.6 is 11.3 Å². The van der Waals surface area contributed by atoms with Crippen LogP contribution < -0.4 is 9.64 Å². The highest BCUT2D eigenvalue weighted by atomic mass is 32.1. The molecular formula is C25H21FN2O6S. The van der Waals surface area contributed by atoms with Gasteiger partial charge in [-0.15, -0.1) is 0 Å². The average molecular weight is 497 g/mol. The number of aryl methyl sites for hydroxylation is 2. The van der Waals surface area contributed by atoms with Crippen LogP contribution in [0.3, 0.4) is 0 Å². The van der Waals surface area contributed by atoms with Gasteiger partial charge in [0, 0.05) is 5.56 Å². The molecule has 1 fully saturated rings. The number of rotatable bonds is 6. The van der Waals surface area contributed by atoms with E-state index in [9.17, 15) is 23.6 Å². The maximum Gasteiger partial charge on any atom is 0.350 e. The molecule has 1 aliphatic heterocycles. The Morgan fingerprint density at radius 1 is 1.06 bits per heavy atom. The number of benzene rings is 2. The van der Waals surface area contributed by atoms with Crippen molar-refractivity contribution in [3.63, 3.8) is 0 Å². The Morgan fingerprint density at radius 2 is 1.74 bits per heavy atom. The zero-order valence-corrected chi connectivity index (χ0v) is 20.1. The van der Waals surface area contributed by atoms with E-state index in [4.69, 9.17) is 9.47 Å². The second-order valence-corrected chi connectivity index (χ2v) is 8.94. The second-order valence-electron chi connectivity index (χ2n) is 7.96. The summed E-state index contributed by atoms with van der Waals surface area (Å²) in [7, 11) is 2.72. The largest absolute Gasteiger partial charge is 0.496 e. The van der Waals surface area contributed by atoms with Gasteiger partial charge in [-0.25, -0.2) is 14.2 Å². The molecule has 3 aromatic rings. The van der Waals surface area contributed by atoms with Crippen molar-refractivity contribution in [3.05, 3.63) is 75.5 Å². The molecule has 2 aromatic carbocycles. The quantitative estimate of drug-likeness (QED) is 0.221. The third-order valence-electron chi connectivity index (χ3n) is 5.84. The van der Waals surface area contributed by atoms with Gasteiger partial charge in [-0.1, -0.05) is 23.5 Å². The van der Waals surface area contributed by atoms with Gasteiger partial charge in [0.2, 0.25) is 5.78 Å². The second kappa shape index (κ2) is 9.38. The van der Waals surface area contributed by atoms with E-state index >= 15 is 0 Å². The smallest absolute Gasteiger partial charge is 0.350 e. The number of hydrogen-bond donors (Lipinski definition) is 0. The Bertz CT molecular complexity index is 1350. The van der Waals surface area contributed by atoms with Gasteiger partial charge in [0.05, 0.1) is 26.0 Å². The molecule has 4 rings (SSSR count). The number of thiazole rings is 1. The topological polar surface area (TPSA) is 103 Å². The Hall–Kier alpha value is -3.92. The first-order valence-electron chi connectivity index (χ1n) is 10.5. The first-order valence-corrected chi connectivity index (χ1v) is 11.4. The van der Waals surface area contributed by atoms with Crippen molar-refractivity contribution in [3.8, 4) is 5.75 Å². The molecule has 0 saturated carbocycles. The summed E-state index contributed by atoms with van der Waals surface area (Å²) in [6.07, 6.45) is 0. The molecule has 0 radical (unpaired) electrons. The summed E-state index contributed by atoms with van der Waals surface area (Å²) in [5, 5.41) is 0.0665. The third kappa shape index (κ3) is 4.21. The van der Waals surface area contributed by atoms with E-state index in [2.05, 4.69) is 4.98 Å². The molecule has 0 N–H and O–H groups in total. The molecule has 2 unspecified atom stereocenters. The molecule has 1 amide bonds. The average Bonchev–Trinajstić information content (AvgIpc) is 3.35. The lowest BCUT2D eigenvalue weighted by molar-refractivity contribution is -0.135. The minimum absolute atomic E-state index is 0.0665. The maximum absolute atomic E-state index is 13.7. The number of anilines is 1. The van der Waals surface area contributed by atoms with Crippen molar-refractivity contribution in [2.75, 3.05) is 19.1 Å². The molecule has 1 saturated heterocycles. The van der Waals surface area contributed by atoms with E-state index in [1.807, 2.05) is 0 Å². The number of ketones is 2. The van der Waals surface area contributed by atoms with Gasteiger partial charge < -0.3 is 9.47 Å². The summed E-state index contributed by atoms with van der Waals surface area (Å²) in [6.45, 7) is 3.33. The van der Waals surface area contributed by atoms with Gasteiger partial charge in [0.15, 0.2) is 10.9 Å². The molecule has 0 aliphatic carbocycles. The summed E-state index contributed by atoms with van der Waals surface area (Å²) >= 11 is 0.879. The van der Waals surface area contributed by atoms with Crippen LogP contribution in [0.25, 0.3) is 0 Å². The summed E-state index contributed by atoms with van der Waals surface area (Å²) in [6, 6.07) is 8.86. The minimum Gasteiger partial charge on any atom is -0.496 e. The summed E-state index contributed by atoms with van der Waals surface area (Å²) in [4.78, 5) is 57.7. The molecular weight excluding hydrogens is 475 g/mol.